The van der Waals surface area contributed by atoms with Gasteiger partial charge in [-0.05, 0) is 25.0 Å². The Morgan fingerprint density at radius 1 is 1.06 bits per heavy atom. The quantitative estimate of drug-likeness (QED) is 0.758. The van der Waals surface area contributed by atoms with Crippen molar-refractivity contribution in [2.75, 3.05) is 26.3 Å². The van der Waals surface area contributed by atoms with Crippen molar-refractivity contribution >= 4 is 0 Å². The van der Waals surface area contributed by atoms with Crippen LogP contribution in [-0.4, -0.2) is 41.4 Å². The SMILES string of the molecule is Cc1ccc(C)c(CN(CCO)CCO)c1. The van der Waals surface area contributed by atoms with Gasteiger partial charge in [0, 0.05) is 19.6 Å². The summed E-state index contributed by atoms with van der Waals surface area (Å²) in [6, 6.07) is 6.37. The third-order valence-corrected chi connectivity index (χ3v) is 2.73. The molecule has 0 aromatic heterocycles. The van der Waals surface area contributed by atoms with E-state index in [-0.39, 0.29) is 13.2 Å². The standard InChI is InChI=1S/C13H21NO2/c1-11-3-4-12(2)13(9-11)10-14(5-7-15)6-8-16/h3-4,9,15-16H,5-8,10H2,1-2H3. The summed E-state index contributed by atoms with van der Waals surface area (Å²) in [6.07, 6.45) is 0. The van der Waals surface area contributed by atoms with Gasteiger partial charge in [0.05, 0.1) is 13.2 Å². The predicted octanol–water partition coefficient (Wildman–Crippen LogP) is 1.09. The number of hydrogen-bond donors (Lipinski definition) is 2. The molecule has 0 heterocycles. The molecule has 1 aromatic rings. The summed E-state index contributed by atoms with van der Waals surface area (Å²) >= 11 is 0. The molecule has 0 radical (unpaired) electrons. The lowest BCUT2D eigenvalue weighted by molar-refractivity contribution is 0.155. The zero-order valence-corrected chi connectivity index (χ0v) is 10.1. The molecule has 0 aliphatic heterocycles. The zero-order valence-electron chi connectivity index (χ0n) is 10.1. The Labute approximate surface area is 97.3 Å². The summed E-state index contributed by atoms with van der Waals surface area (Å²) in [5, 5.41) is 17.9. The van der Waals surface area contributed by atoms with Gasteiger partial charge in [-0.2, -0.15) is 0 Å². The number of hydrogen-bond acceptors (Lipinski definition) is 3. The van der Waals surface area contributed by atoms with Crippen LogP contribution in [0.15, 0.2) is 18.2 Å². The van der Waals surface area contributed by atoms with E-state index in [0.717, 1.165) is 6.54 Å². The highest BCUT2D eigenvalue weighted by molar-refractivity contribution is 5.30. The highest BCUT2D eigenvalue weighted by atomic mass is 16.3. The maximum atomic E-state index is 8.94. The average Bonchev–Trinajstić information content (AvgIpc) is 2.24. The van der Waals surface area contributed by atoms with Crippen LogP contribution in [0, 0.1) is 13.8 Å². The van der Waals surface area contributed by atoms with E-state index in [1.807, 2.05) is 0 Å². The highest BCUT2D eigenvalue weighted by Gasteiger charge is 2.06. The van der Waals surface area contributed by atoms with E-state index < -0.39 is 0 Å². The molecule has 2 N–H and O–H groups in total. The second kappa shape index (κ2) is 6.63. The van der Waals surface area contributed by atoms with Crippen LogP contribution in [0.4, 0.5) is 0 Å². The lowest BCUT2D eigenvalue weighted by Gasteiger charge is -2.21. The molecule has 3 heteroatoms. The zero-order chi connectivity index (χ0) is 12.0. The summed E-state index contributed by atoms with van der Waals surface area (Å²) in [5.41, 5.74) is 3.77. The van der Waals surface area contributed by atoms with Crippen molar-refractivity contribution in [1.29, 1.82) is 0 Å². The molecule has 16 heavy (non-hydrogen) atoms. The van der Waals surface area contributed by atoms with Gasteiger partial charge in [0.15, 0.2) is 0 Å². The van der Waals surface area contributed by atoms with Gasteiger partial charge in [0.25, 0.3) is 0 Å². The Morgan fingerprint density at radius 3 is 2.25 bits per heavy atom. The lowest BCUT2D eigenvalue weighted by Crippen LogP contribution is -2.29. The molecule has 3 nitrogen and oxygen atoms in total. The monoisotopic (exact) mass is 223 g/mol. The predicted molar refractivity (Wildman–Crippen MR) is 65.4 cm³/mol. The summed E-state index contributed by atoms with van der Waals surface area (Å²) < 4.78 is 0. The third kappa shape index (κ3) is 3.93. The average molecular weight is 223 g/mol. The second-order valence-corrected chi connectivity index (χ2v) is 4.15. The number of rotatable bonds is 6. The van der Waals surface area contributed by atoms with E-state index in [2.05, 4.69) is 36.9 Å². The molecule has 0 unspecified atom stereocenters. The van der Waals surface area contributed by atoms with Gasteiger partial charge in [-0.25, -0.2) is 0 Å². The number of aryl methyl sites for hydroxylation is 2. The first-order valence-electron chi connectivity index (χ1n) is 5.67. The van der Waals surface area contributed by atoms with Crippen molar-refractivity contribution in [3.05, 3.63) is 34.9 Å². The number of aliphatic hydroxyl groups excluding tert-OH is 2. The maximum Gasteiger partial charge on any atom is 0.0558 e. The van der Waals surface area contributed by atoms with E-state index >= 15 is 0 Å². The van der Waals surface area contributed by atoms with Gasteiger partial charge in [0.1, 0.15) is 0 Å². The smallest absolute Gasteiger partial charge is 0.0558 e. The van der Waals surface area contributed by atoms with E-state index in [4.69, 9.17) is 10.2 Å². The first kappa shape index (κ1) is 13.2. The van der Waals surface area contributed by atoms with Gasteiger partial charge < -0.3 is 10.2 Å². The fourth-order valence-electron chi connectivity index (χ4n) is 1.76. The first-order chi connectivity index (χ1) is 7.67. The molecule has 0 fully saturated rings. The molecule has 90 valence electrons. The fourth-order valence-corrected chi connectivity index (χ4v) is 1.76. The van der Waals surface area contributed by atoms with E-state index in [9.17, 15) is 0 Å². The molecule has 0 saturated heterocycles. The summed E-state index contributed by atoms with van der Waals surface area (Å²) in [5.74, 6) is 0. The molecular weight excluding hydrogens is 202 g/mol. The number of nitrogens with zero attached hydrogens (tertiary/aromatic N) is 1. The van der Waals surface area contributed by atoms with Gasteiger partial charge in [-0.3, -0.25) is 4.90 Å². The third-order valence-electron chi connectivity index (χ3n) is 2.73. The van der Waals surface area contributed by atoms with Crippen LogP contribution in [0.5, 0.6) is 0 Å². The Hall–Kier alpha value is -0.900. The molecule has 0 aliphatic carbocycles. The van der Waals surface area contributed by atoms with Crippen LogP contribution in [0.1, 0.15) is 16.7 Å². The molecule has 1 aromatic carbocycles. The maximum absolute atomic E-state index is 8.94. The van der Waals surface area contributed by atoms with Crippen LogP contribution in [-0.2, 0) is 6.54 Å². The minimum atomic E-state index is 0.130. The van der Waals surface area contributed by atoms with Gasteiger partial charge in [-0.15, -0.1) is 0 Å². The Balaban J connectivity index is 2.71. The second-order valence-electron chi connectivity index (χ2n) is 4.15. The van der Waals surface area contributed by atoms with Gasteiger partial charge in [-0.1, -0.05) is 23.8 Å². The molecule has 0 bridgehead atoms. The van der Waals surface area contributed by atoms with Crippen molar-refractivity contribution in [2.24, 2.45) is 0 Å². The summed E-state index contributed by atoms with van der Waals surface area (Å²) in [7, 11) is 0. The summed E-state index contributed by atoms with van der Waals surface area (Å²) in [4.78, 5) is 2.06. The lowest BCUT2D eigenvalue weighted by atomic mass is 10.1. The minimum Gasteiger partial charge on any atom is -0.395 e. The normalized spacial score (nSPS) is 11.1. The molecule has 1 rings (SSSR count). The molecule has 0 aliphatic rings. The molecule has 0 atom stereocenters. The van der Waals surface area contributed by atoms with Crippen LogP contribution in [0.3, 0.4) is 0 Å². The van der Waals surface area contributed by atoms with E-state index in [1.165, 1.54) is 16.7 Å². The molecule has 0 saturated carbocycles. The topological polar surface area (TPSA) is 43.7 Å². The van der Waals surface area contributed by atoms with Crippen molar-refractivity contribution in [2.45, 2.75) is 20.4 Å². The summed E-state index contributed by atoms with van der Waals surface area (Å²) in [6.45, 7) is 6.42. The Kier molecular flexibility index (Phi) is 5.46. The Bertz CT molecular complexity index is 320. The van der Waals surface area contributed by atoms with Gasteiger partial charge in [0.2, 0.25) is 0 Å². The highest BCUT2D eigenvalue weighted by Crippen LogP contribution is 2.13. The number of aliphatic hydroxyl groups is 2. The van der Waals surface area contributed by atoms with Crippen LogP contribution in [0.2, 0.25) is 0 Å². The molecule has 0 amide bonds. The Morgan fingerprint density at radius 2 is 1.69 bits per heavy atom. The first-order valence-corrected chi connectivity index (χ1v) is 5.67. The van der Waals surface area contributed by atoms with E-state index in [1.54, 1.807) is 0 Å². The van der Waals surface area contributed by atoms with Crippen molar-refractivity contribution in [3.8, 4) is 0 Å². The van der Waals surface area contributed by atoms with Gasteiger partial charge >= 0.3 is 0 Å². The van der Waals surface area contributed by atoms with Crippen molar-refractivity contribution in [3.63, 3.8) is 0 Å². The minimum absolute atomic E-state index is 0.130. The largest absolute Gasteiger partial charge is 0.395 e. The number of benzene rings is 1. The van der Waals surface area contributed by atoms with Crippen molar-refractivity contribution < 1.29 is 10.2 Å². The van der Waals surface area contributed by atoms with Crippen molar-refractivity contribution in [1.82, 2.24) is 4.90 Å². The van der Waals surface area contributed by atoms with Crippen LogP contribution < -0.4 is 0 Å². The fraction of sp³-hybridized carbons (Fsp3) is 0.538. The van der Waals surface area contributed by atoms with Crippen LogP contribution in [0.25, 0.3) is 0 Å². The molecule has 0 spiro atoms. The molecular formula is C13H21NO2. The van der Waals surface area contributed by atoms with Crippen LogP contribution >= 0.6 is 0 Å². The van der Waals surface area contributed by atoms with E-state index in [0.29, 0.717) is 13.1 Å².